The van der Waals surface area contributed by atoms with E-state index < -0.39 is 5.97 Å². The van der Waals surface area contributed by atoms with Gasteiger partial charge in [-0.3, -0.25) is 4.79 Å². The molecule has 90 valence electrons. The van der Waals surface area contributed by atoms with Gasteiger partial charge in [0.1, 0.15) is 12.0 Å². The number of carboxylic acid groups (broad SMARTS) is 1. The first-order valence-electron chi connectivity index (χ1n) is 5.60. The van der Waals surface area contributed by atoms with Crippen LogP contribution in [0.5, 0.6) is 5.75 Å². The molecule has 4 heteroatoms. The molecule has 0 amide bonds. The summed E-state index contributed by atoms with van der Waals surface area (Å²) in [5.41, 5.74) is 1.64. The first-order valence-corrected chi connectivity index (χ1v) is 5.60. The predicted octanol–water partition coefficient (Wildman–Crippen LogP) is 0.601. The lowest BCUT2D eigenvalue weighted by atomic mass is 10.2. The van der Waals surface area contributed by atoms with Crippen LogP contribution in [0.4, 0.5) is 0 Å². The number of ether oxygens (including phenoxy) is 1. The van der Waals surface area contributed by atoms with Crippen molar-refractivity contribution in [2.24, 2.45) is 0 Å². The van der Waals surface area contributed by atoms with Gasteiger partial charge in [0.05, 0.1) is 6.42 Å². The first-order chi connectivity index (χ1) is 8.72. The number of aromatic amines is 1. The average Bonchev–Trinajstić information content (AvgIpc) is 2.61. The Kier molecular flexibility index (Phi) is 2.41. The largest absolute Gasteiger partial charge is 0.481 e. The molecule has 0 radical (unpaired) electrons. The van der Waals surface area contributed by atoms with E-state index in [9.17, 15) is 4.79 Å². The summed E-state index contributed by atoms with van der Waals surface area (Å²) in [5, 5.41) is 10.5. The van der Waals surface area contributed by atoms with Gasteiger partial charge < -0.3 is 14.8 Å². The number of aliphatic carboxylic acids is 1. The van der Waals surface area contributed by atoms with Crippen LogP contribution in [-0.4, -0.2) is 16.1 Å². The maximum Gasteiger partial charge on any atom is 0.309 e. The molecule has 3 rings (SSSR count). The maximum absolute atomic E-state index is 10.7. The van der Waals surface area contributed by atoms with Gasteiger partial charge in [-0.1, -0.05) is 18.2 Å². The second-order valence-corrected chi connectivity index (χ2v) is 4.15. The maximum atomic E-state index is 10.7. The van der Waals surface area contributed by atoms with E-state index >= 15 is 0 Å². The molecule has 2 heterocycles. The molecule has 0 aliphatic carbocycles. The number of carboxylic acids is 1. The number of fused-ring (bicyclic) bond motifs is 2. The summed E-state index contributed by atoms with van der Waals surface area (Å²) < 4.78 is 5.57. The van der Waals surface area contributed by atoms with Crippen LogP contribution in [0.2, 0.25) is 0 Å². The summed E-state index contributed by atoms with van der Waals surface area (Å²) in [6.45, 7) is 0. The third-order valence-electron chi connectivity index (χ3n) is 2.81. The molecular formula is C14H11NO3. The van der Waals surface area contributed by atoms with Crippen LogP contribution in [0.1, 0.15) is 11.3 Å². The van der Waals surface area contributed by atoms with Crippen molar-refractivity contribution in [3.63, 3.8) is 0 Å². The number of aromatic nitrogens is 1. The van der Waals surface area contributed by atoms with Crippen LogP contribution in [-0.2, 0) is 11.2 Å². The van der Waals surface area contributed by atoms with Crippen LogP contribution in [0, 0.1) is 0 Å². The van der Waals surface area contributed by atoms with Crippen molar-refractivity contribution in [3.05, 3.63) is 52.2 Å². The van der Waals surface area contributed by atoms with Gasteiger partial charge >= 0.3 is 5.97 Å². The Morgan fingerprint density at radius 3 is 3.00 bits per heavy atom. The third-order valence-corrected chi connectivity index (χ3v) is 2.81. The van der Waals surface area contributed by atoms with E-state index in [4.69, 9.17) is 9.84 Å². The summed E-state index contributed by atoms with van der Waals surface area (Å²) in [4.78, 5) is 13.8. The topological polar surface area (TPSA) is 62.3 Å². The van der Waals surface area contributed by atoms with Crippen molar-refractivity contribution < 1.29 is 14.6 Å². The lowest BCUT2D eigenvalue weighted by molar-refractivity contribution is -0.136. The van der Waals surface area contributed by atoms with Crippen molar-refractivity contribution in [1.29, 1.82) is 0 Å². The molecule has 1 aromatic carbocycles. The number of hydrogen-bond acceptors (Lipinski definition) is 2. The second kappa shape index (κ2) is 4.07. The molecule has 0 unspecified atom stereocenters. The number of benzene rings is 1. The highest BCUT2D eigenvalue weighted by Crippen LogP contribution is 2.19. The molecule has 0 spiro atoms. The van der Waals surface area contributed by atoms with E-state index in [2.05, 4.69) is 4.98 Å². The number of carbonyl (C=O) groups is 1. The highest BCUT2D eigenvalue weighted by atomic mass is 16.5. The summed E-state index contributed by atoms with van der Waals surface area (Å²) in [7, 11) is 0. The minimum atomic E-state index is -0.854. The van der Waals surface area contributed by atoms with Gasteiger partial charge in [0.2, 0.25) is 0 Å². The van der Waals surface area contributed by atoms with Crippen LogP contribution >= 0.6 is 0 Å². The Labute approximate surface area is 103 Å². The van der Waals surface area contributed by atoms with Gasteiger partial charge in [-0.2, -0.15) is 0 Å². The summed E-state index contributed by atoms with van der Waals surface area (Å²) in [5.74, 6) is -0.0605. The zero-order chi connectivity index (χ0) is 12.5. The van der Waals surface area contributed by atoms with Gasteiger partial charge in [0.25, 0.3) is 0 Å². The zero-order valence-electron chi connectivity index (χ0n) is 9.51. The Hall–Kier alpha value is -2.49. The van der Waals surface area contributed by atoms with E-state index in [1.165, 1.54) is 0 Å². The van der Waals surface area contributed by atoms with Crippen LogP contribution in [0.3, 0.4) is 0 Å². The van der Waals surface area contributed by atoms with Crippen molar-refractivity contribution in [1.82, 2.24) is 4.98 Å². The molecule has 0 saturated carbocycles. The molecule has 18 heavy (non-hydrogen) atoms. The lowest BCUT2D eigenvalue weighted by Gasteiger charge is -2.01. The molecular weight excluding hydrogens is 230 g/mol. The zero-order valence-corrected chi connectivity index (χ0v) is 9.51. The lowest BCUT2D eigenvalue weighted by Crippen LogP contribution is -2.21. The predicted molar refractivity (Wildman–Crippen MR) is 66.5 cm³/mol. The molecule has 1 aliphatic heterocycles. The van der Waals surface area contributed by atoms with E-state index in [1.54, 1.807) is 12.3 Å². The van der Waals surface area contributed by atoms with E-state index in [0.29, 0.717) is 5.69 Å². The molecule has 1 aromatic heterocycles. The highest BCUT2D eigenvalue weighted by molar-refractivity contribution is 5.69. The molecule has 0 saturated heterocycles. The van der Waals surface area contributed by atoms with Crippen molar-refractivity contribution in [3.8, 4) is 5.75 Å². The van der Waals surface area contributed by atoms with Crippen molar-refractivity contribution in [2.45, 2.75) is 6.42 Å². The normalized spacial score (nSPS) is 12.2. The molecule has 4 nitrogen and oxygen atoms in total. The standard InChI is InChI=1S/C14H11NO3/c16-14(17)7-11-5-10-8-18-13-4-2-1-3-9(13)6-12(10)15-11/h1-6,8,15H,7H2,(H,16,17). The molecule has 2 aromatic rings. The Morgan fingerprint density at radius 1 is 1.33 bits per heavy atom. The molecule has 0 fully saturated rings. The third kappa shape index (κ3) is 1.88. The fourth-order valence-corrected chi connectivity index (χ4v) is 2.01. The minimum Gasteiger partial charge on any atom is -0.481 e. The number of hydrogen-bond donors (Lipinski definition) is 2. The van der Waals surface area contributed by atoms with Gasteiger partial charge in [0, 0.05) is 21.8 Å². The number of nitrogens with one attached hydrogen (secondary N) is 1. The van der Waals surface area contributed by atoms with Crippen LogP contribution in [0.25, 0.3) is 12.3 Å². The SMILES string of the molecule is O=C(O)Cc1cc2c([nH]1)=Cc1ccccc1OC=2. The molecule has 1 aliphatic rings. The van der Waals surface area contributed by atoms with Crippen molar-refractivity contribution >= 4 is 18.3 Å². The van der Waals surface area contributed by atoms with Gasteiger partial charge in [-0.15, -0.1) is 0 Å². The smallest absolute Gasteiger partial charge is 0.309 e. The van der Waals surface area contributed by atoms with E-state index in [0.717, 1.165) is 21.9 Å². The Morgan fingerprint density at radius 2 is 2.17 bits per heavy atom. The first kappa shape index (κ1) is 10.7. The fraction of sp³-hybridized carbons (Fsp3) is 0.0714. The van der Waals surface area contributed by atoms with Crippen LogP contribution < -0.4 is 15.3 Å². The molecule has 2 N–H and O–H groups in total. The summed E-state index contributed by atoms with van der Waals surface area (Å²) >= 11 is 0. The number of rotatable bonds is 2. The van der Waals surface area contributed by atoms with E-state index in [-0.39, 0.29) is 6.42 Å². The quantitative estimate of drug-likeness (QED) is 0.809. The molecule has 0 bridgehead atoms. The Balaban J connectivity index is 2.13. The van der Waals surface area contributed by atoms with E-state index in [1.807, 2.05) is 30.3 Å². The van der Waals surface area contributed by atoms with Gasteiger partial charge in [0.15, 0.2) is 0 Å². The Bertz CT molecular complexity index is 728. The van der Waals surface area contributed by atoms with Gasteiger partial charge in [-0.05, 0) is 18.2 Å². The summed E-state index contributed by atoms with van der Waals surface area (Å²) in [6.07, 6.45) is 3.58. The van der Waals surface area contributed by atoms with Crippen molar-refractivity contribution in [2.75, 3.05) is 0 Å². The minimum absolute atomic E-state index is 0.0175. The average molecular weight is 241 g/mol. The number of H-pyrrole nitrogens is 1. The molecule has 0 atom stereocenters. The number of para-hydroxylation sites is 1. The second-order valence-electron chi connectivity index (χ2n) is 4.15. The highest BCUT2D eigenvalue weighted by Gasteiger charge is 2.07. The van der Waals surface area contributed by atoms with Crippen LogP contribution in [0.15, 0.2) is 30.3 Å². The van der Waals surface area contributed by atoms with Gasteiger partial charge in [-0.25, -0.2) is 0 Å². The summed E-state index contributed by atoms with van der Waals surface area (Å²) in [6, 6.07) is 9.50. The fourth-order valence-electron chi connectivity index (χ4n) is 2.01. The monoisotopic (exact) mass is 241 g/mol.